The average molecular weight is 277 g/mol. The molecule has 0 aromatic heterocycles. The minimum absolute atomic E-state index is 0.809. The first-order valence-electron chi connectivity index (χ1n) is 13.1. The molecule has 5 heteroatoms. The van der Waals surface area contributed by atoms with E-state index in [9.17, 15) is 14.7 Å². The third-order valence-electron chi connectivity index (χ3n) is 1.42. The number of carboxylic acids is 1. The second kappa shape index (κ2) is 11.0. The van der Waals surface area contributed by atoms with Gasteiger partial charge in [-0.2, -0.15) is 0 Å². The topological polar surface area (TPSA) is 83.8 Å². The first-order chi connectivity index (χ1) is 15.0. The van der Waals surface area contributed by atoms with Crippen LogP contribution in [0.3, 0.4) is 0 Å². The number of aliphatic carboxylic acids is 1. The summed E-state index contributed by atoms with van der Waals surface area (Å²) >= 11 is 0. The van der Waals surface area contributed by atoms with Gasteiger partial charge in [-0.25, -0.2) is 4.79 Å². The predicted molar refractivity (Wildman–Crippen MR) is 67.2 cm³/mol. The monoisotopic (exact) mass is 277 g/mol. The van der Waals surface area contributed by atoms with E-state index >= 15 is 0 Å². The van der Waals surface area contributed by atoms with Crippen LogP contribution in [0.5, 0.6) is 0 Å². The van der Waals surface area contributed by atoms with E-state index in [1.807, 2.05) is 0 Å². The Kier molecular flexibility index (Phi) is 2.42. The van der Waals surface area contributed by atoms with Gasteiger partial charge in [0.05, 0.1) is 9.30 Å². The molecule has 0 aliphatic rings. The van der Waals surface area contributed by atoms with Gasteiger partial charge in [0.2, 0.25) is 0 Å². The van der Waals surface area contributed by atoms with Gasteiger partial charge in [0.15, 0.2) is 6.10 Å². The molecular weight excluding hydrogens is 236 g/mol. The number of hydrogen-bond donors (Lipinski definition) is 2. The number of aliphatic hydroxyl groups is 1. The summed E-state index contributed by atoms with van der Waals surface area (Å²) in [7, 11) is 0. The highest BCUT2D eigenvalue weighted by atomic mass is 16.5. The Bertz CT molecular complexity index is 803. The van der Waals surface area contributed by atoms with Crippen molar-refractivity contribution < 1.29 is 47.8 Å². The highest BCUT2D eigenvalue weighted by molar-refractivity contribution is 5.75. The van der Waals surface area contributed by atoms with Gasteiger partial charge in [-0.15, -0.1) is 0 Å². The van der Waals surface area contributed by atoms with Gasteiger partial charge in [0.1, 0.15) is 0 Å². The summed E-state index contributed by atoms with van der Waals surface area (Å²) in [5.74, 6) is -3.46. The lowest BCUT2D eigenvalue weighted by atomic mass is 10.1. The lowest BCUT2D eigenvalue weighted by molar-refractivity contribution is -0.154. The van der Waals surface area contributed by atoms with Crippen molar-refractivity contribution in [1.82, 2.24) is 0 Å². The average Bonchev–Trinajstić information content (AvgIpc) is 2.63. The number of ether oxygens (including phenoxy) is 1. The van der Waals surface area contributed by atoms with Crippen LogP contribution in [-0.4, -0.2) is 34.8 Å². The third-order valence-corrected chi connectivity index (χ3v) is 1.42. The normalized spacial score (nSPS) is 32.4. The van der Waals surface area contributed by atoms with E-state index in [1.165, 1.54) is 0 Å². The zero-order valence-corrected chi connectivity index (χ0v) is 9.11. The molecule has 0 spiro atoms. The van der Waals surface area contributed by atoms with Gasteiger partial charge < -0.3 is 14.9 Å². The fourth-order valence-electron chi connectivity index (χ4n) is 0.672. The fourth-order valence-corrected chi connectivity index (χ4v) is 0.672. The van der Waals surface area contributed by atoms with E-state index in [0.29, 0.717) is 0 Å². The maximum Gasteiger partial charge on any atom is 0.334 e. The number of hydrogen-bond acceptors (Lipinski definition) is 4. The van der Waals surface area contributed by atoms with Crippen molar-refractivity contribution in [1.29, 1.82) is 0 Å². The van der Waals surface area contributed by atoms with Crippen LogP contribution in [0.4, 0.5) is 0 Å². The lowest BCUT2D eigenvalue weighted by Crippen LogP contribution is -2.24. The molecule has 0 aromatic rings. The molecule has 0 heterocycles. The summed E-state index contributed by atoms with van der Waals surface area (Å²) in [6.07, 6.45) is -30.4. The van der Waals surface area contributed by atoms with Crippen LogP contribution in [0, 0.1) is 0 Å². The van der Waals surface area contributed by atoms with Gasteiger partial charge in [-0.1, -0.05) is 38.7 Å². The second-order valence-corrected chi connectivity index (χ2v) is 2.72. The summed E-state index contributed by atoms with van der Waals surface area (Å²) < 4.78 is 134. The minimum Gasteiger partial charge on any atom is -0.481 e. The number of rotatable bonds is 11. The van der Waals surface area contributed by atoms with E-state index in [0.717, 1.165) is 0 Å². The minimum atomic E-state index is -4.53. The predicted octanol–water partition coefficient (Wildman–Crippen LogP) is 2.12. The van der Waals surface area contributed by atoms with Crippen LogP contribution in [-0.2, 0) is 14.3 Å². The molecule has 0 aliphatic carbocycles. The van der Waals surface area contributed by atoms with Crippen molar-refractivity contribution in [3.05, 3.63) is 0 Å². The Labute approximate surface area is 132 Å². The first-order valence-corrected chi connectivity index (χ1v) is 4.60. The largest absolute Gasteiger partial charge is 0.481 e. The first kappa shape index (κ1) is 3.95. The molecule has 0 amide bonds. The van der Waals surface area contributed by atoms with Crippen molar-refractivity contribution in [2.45, 2.75) is 64.0 Å². The molecule has 18 heavy (non-hydrogen) atoms. The van der Waals surface area contributed by atoms with Gasteiger partial charge in [0, 0.05) is 27.0 Å². The Morgan fingerprint density at radius 2 is 1.94 bits per heavy atom. The Morgan fingerprint density at radius 3 is 2.61 bits per heavy atom. The number of carbonyl (C=O) groups excluding carboxylic acids is 1. The van der Waals surface area contributed by atoms with Crippen molar-refractivity contribution in [3.8, 4) is 0 Å². The summed E-state index contributed by atoms with van der Waals surface area (Å²) in [4.78, 5) is 22.4. The van der Waals surface area contributed by atoms with Crippen molar-refractivity contribution in [2.75, 3.05) is 6.56 Å². The molecule has 106 valence electrons. The summed E-state index contributed by atoms with van der Waals surface area (Å²) in [6, 6.07) is 0. The molecule has 0 saturated heterocycles. The van der Waals surface area contributed by atoms with E-state index < -0.39 is 82.5 Å². The van der Waals surface area contributed by atoms with Crippen LogP contribution >= 0.6 is 0 Å². The summed E-state index contributed by atoms with van der Waals surface area (Å²) in [5, 5.41) is 18.1. The van der Waals surface area contributed by atoms with Crippen molar-refractivity contribution >= 4 is 11.9 Å². The van der Waals surface area contributed by atoms with Gasteiger partial charge >= 0.3 is 11.9 Å². The highest BCUT2D eigenvalue weighted by Gasteiger charge is 2.17. The van der Waals surface area contributed by atoms with Crippen molar-refractivity contribution in [3.63, 3.8) is 0 Å². The van der Waals surface area contributed by atoms with Crippen LogP contribution < -0.4 is 0 Å². The quantitative estimate of drug-likeness (QED) is 0.565. The molecule has 5 nitrogen and oxygen atoms in total. The second-order valence-electron chi connectivity index (χ2n) is 2.72. The number of esters is 1. The molecule has 0 rings (SSSR count). The zero-order valence-electron chi connectivity index (χ0n) is 26.1. The molecular formula is C13H24O5. The maximum atomic E-state index is 11.9. The third kappa shape index (κ3) is 10.1. The molecule has 0 bridgehead atoms. The smallest absolute Gasteiger partial charge is 0.334 e. The van der Waals surface area contributed by atoms with E-state index in [2.05, 4.69) is 4.74 Å². The van der Waals surface area contributed by atoms with Crippen LogP contribution in [0.1, 0.15) is 81.2 Å². The highest BCUT2D eigenvalue weighted by Crippen LogP contribution is 2.06. The van der Waals surface area contributed by atoms with E-state index in [-0.39, 0.29) is 0 Å². The fraction of sp³-hybridized carbons (Fsp3) is 0.846. The standard InChI is InChI=1S/C13H24O5/c1-2-3-4-5-6-7-10-18-13(17)11(14)8-9-12(15)16/h11,14H,2-10H2,1H3,(H,15,16)/t11-/m1/s1/i1D3,2D2,3D2,4D2,5D2,6D2,7D2,10D2. The summed E-state index contributed by atoms with van der Waals surface area (Å²) in [5.41, 5.74) is 0. The van der Waals surface area contributed by atoms with Gasteiger partial charge in [-0.05, 0) is 12.8 Å². The van der Waals surface area contributed by atoms with E-state index in [1.54, 1.807) is 0 Å². The Balaban J connectivity index is 6.44. The number of carboxylic acid groups (broad SMARTS) is 1. The van der Waals surface area contributed by atoms with Crippen LogP contribution in [0.25, 0.3) is 0 Å². The SMILES string of the molecule is [2H]C([2H])([2H])C([2H])([2H])C([2H])([2H])C([2H])([2H])C([2H])([2H])C([2H])([2H])C([2H])([2H])C([2H])([2H])OC(=O)[C@H](O)CCC(=O)O. The van der Waals surface area contributed by atoms with Gasteiger partial charge in [-0.3, -0.25) is 4.79 Å². The molecule has 2 N–H and O–H groups in total. The zero-order chi connectivity index (χ0) is 28.9. The van der Waals surface area contributed by atoms with Crippen LogP contribution in [0.2, 0.25) is 0 Å². The Morgan fingerprint density at radius 1 is 1.28 bits per heavy atom. The molecule has 0 fully saturated rings. The molecule has 0 aromatic carbocycles. The molecule has 0 unspecified atom stereocenters. The van der Waals surface area contributed by atoms with Crippen molar-refractivity contribution in [2.24, 2.45) is 0 Å². The maximum absolute atomic E-state index is 11.9. The number of carbonyl (C=O) groups is 2. The molecule has 0 aliphatic heterocycles. The van der Waals surface area contributed by atoms with Gasteiger partial charge in [0.25, 0.3) is 0 Å². The lowest BCUT2D eigenvalue weighted by Gasteiger charge is -2.09. The number of aliphatic hydroxyl groups excluding tert-OH is 1. The van der Waals surface area contributed by atoms with E-state index in [4.69, 9.17) is 28.4 Å². The summed E-state index contributed by atoms with van der Waals surface area (Å²) in [6.45, 7) is -8.10. The molecule has 0 saturated carbocycles. The van der Waals surface area contributed by atoms with Crippen LogP contribution in [0.15, 0.2) is 0 Å². The molecule has 1 atom stereocenters. The molecule has 0 radical (unpaired) electrons. The Hall–Kier alpha value is -1.10.